The van der Waals surface area contributed by atoms with Gasteiger partial charge in [-0.1, -0.05) is 12.1 Å². The highest BCUT2D eigenvalue weighted by Gasteiger charge is 2.08. The maximum absolute atomic E-state index is 11.5. The van der Waals surface area contributed by atoms with Gasteiger partial charge in [-0.15, -0.1) is 0 Å². The van der Waals surface area contributed by atoms with Crippen LogP contribution in [0, 0.1) is 0 Å². The molecule has 7 heteroatoms. The Bertz CT molecular complexity index is 514. The maximum Gasteiger partial charge on any atom is 0.224 e. The number of amides is 1. The first-order chi connectivity index (χ1) is 8.43. The van der Waals surface area contributed by atoms with Crippen LogP contribution in [0.25, 0.3) is 0 Å². The van der Waals surface area contributed by atoms with E-state index in [1.807, 2.05) is 0 Å². The summed E-state index contributed by atoms with van der Waals surface area (Å²) in [5, 5.41) is 2.54. The predicted octanol–water partition coefficient (Wildman–Crippen LogP) is -0.523. The van der Waals surface area contributed by atoms with E-state index in [0.29, 0.717) is 5.69 Å². The van der Waals surface area contributed by atoms with E-state index in [9.17, 15) is 13.2 Å². The van der Waals surface area contributed by atoms with Crippen molar-refractivity contribution in [1.29, 1.82) is 0 Å². The molecule has 0 aliphatic rings. The minimum atomic E-state index is -3.28. The number of rotatable bonds is 6. The molecule has 0 radical (unpaired) electrons. The molecule has 0 saturated carbocycles. The number of benzene rings is 1. The van der Waals surface area contributed by atoms with Crippen molar-refractivity contribution < 1.29 is 13.2 Å². The van der Waals surface area contributed by atoms with Gasteiger partial charge < -0.3 is 11.1 Å². The SMILES string of the molecule is CNS(=O)(=O)CCNC(=O)Cc1cccc(N)c1. The first-order valence-electron chi connectivity index (χ1n) is 5.45. The van der Waals surface area contributed by atoms with Gasteiger partial charge in [-0.25, -0.2) is 13.1 Å². The predicted molar refractivity (Wildman–Crippen MR) is 70.4 cm³/mol. The van der Waals surface area contributed by atoms with Crippen molar-refractivity contribution in [2.75, 3.05) is 25.1 Å². The summed E-state index contributed by atoms with van der Waals surface area (Å²) in [5.41, 5.74) is 6.98. The fourth-order valence-electron chi connectivity index (χ4n) is 1.38. The third-order valence-electron chi connectivity index (χ3n) is 2.32. The van der Waals surface area contributed by atoms with Gasteiger partial charge in [-0.2, -0.15) is 0 Å². The summed E-state index contributed by atoms with van der Waals surface area (Å²) in [6.07, 6.45) is 0.185. The molecule has 1 aromatic carbocycles. The van der Waals surface area contributed by atoms with E-state index in [0.717, 1.165) is 5.56 Å². The fraction of sp³-hybridized carbons (Fsp3) is 0.364. The highest BCUT2D eigenvalue weighted by Crippen LogP contribution is 2.06. The number of nitrogens with two attached hydrogens (primary N) is 1. The van der Waals surface area contributed by atoms with Crippen LogP contribution in [-0.2, 0) is 21.2 Å². The topological polar surface area (TPSA) is 101 Å². The molecule has 0 saturated heterocycles. The summed E-state index contributed by atoms with van der Waals surface area (Å²) in [5.74, 6) is -0.362. The Labute approximate surface area is 107 Å². The molecule has 0 bridgehead atoms. The Balaban J connectivity index is 2.39. The van der Waals surface area contributed by atoms with Crippen molar-refractivity contribution in [2.24, 2.45) is 0 Å². The van der Waals surface area contributed by atoms with Crippen LogP contribution < -0.4 is 15.8 Å². The molecule has 0 aliphatic heterocycles. The molecule has 4 N–H and O–H groups in total. The molecule has 18 heavy (non-hydrogen) atoms. The van der Waals surface area contributed by atoms with Gasteiger partial charge in [0.05, 0.1) is 12.2 Å². The Morgan fingerprint density at radius 2 is 2.11 bits per heavy atom. The largest absolute Gasteiger partial charge is 0.399 e. The van der Waals surface area contributed by atoms with E-state index in [2.05, 4.69) is 10.0 Å². The molecular formula is C11H17N3O3S. The third kappa shape index (κ3) is 5.15. The first-order valence-corrected chi connectivity index (χ1v) is 7.10. The van der Waals surface area contributed by atoms with Crippen molar-refractivity contribution in [3.05, 3.63) is 29.8 Å². The van der Waals surface area contributed by atoms with Crippen LogP contribution in [0.2, 0.25) is 0 Å². The van der Waals surface area contributed by atoms with Crippen LogP contribution in [0.5, 0.6) is 0 Å². The summed E-state index contributed by atoms with van der Waals surface area (Å²) in [4.78, 5) is 11.5. The first kappa shape index (κ1) is 14.5. The van der Waals surface area contributed by atoms with E-state index in [1.54, 1.807) is 24.3 Å². The molecule has 1 rings (SSSR count). The monoisotopic (exact) mass is 271 g/mol. The molecule has 0 aromatic heterocycles. The number of carbonyl (C=O) groups is 1. The van der Waals surface area contributed by atoms with Gasteiger partial charge in [0, 0.05) is 12.2 Å². The molecule has 0 unspecified atom stereocenters. The lowest BCUT2D eigenvalue weighted by molar-refractivity contribution is -0.120. The number of nitrogens with one attached hydrogen (secondary N) is 2. The average molecular weight is 271 g/mol. The second kappa shape index (κ2) is 6.36. The lowest BCUT2D eigenvalue weighted by Gasteiger charge is -2.06. The Morgan fingerprint density at radius 1 is 1.39 bits per heavy atom. The van der Waals surface area contributed by atoms with Gasteiger partial charge in [0.25, 0.3) is 0 Å². The third-order valence-corrected chi connectivity index (χ3v) is 3.68. The van der Waals surface area contributed by atoms with Crippen LogP contribution >= 0.6 is 0 Å². The normalized spacial score (nSPS) is 11.2. The Morgan fingerprint density at radius 3 is 2.72 bits per heavy atom. The highest BCUT2D eigenvalue weighted by molar-refractivity contribution is 7.89. The van der Waals surface area contributed by atoms with Crippen LogP contribution in [0.1, 0.15) is 5.56 Å². The summed E-state index contributed by atoms with van der Waals surface area (Å²) >= 11 is 0. The lowest BCUT2D eigenvalue weighted by Crippen LogP contribution is -2.33. The minimum absolute atomic E-state index is 0.0876. The maximum atomic E-state index is 11.5. The molecular weight excluding hydrogens is 254 g/mol. The molecule has 100 valence electrons. The van der Waals surface area contributed by atoms with Crippen molar-refractivity contribution in [3.8, 4) is 0 Å². The Kier molecular flexibility index (Phi) is 5.11. The summed E-state index contributed by atoms with van der Waals surface area (Å²) in [7, 11) is -1.94. The zero-order valence-electron chi connectivity index (χ0n) is 10.1. The van der Waals surface area contributed by atoms with Gasteiger partial charge >= 0.3 is 0 Å². The quantitative estimate of drug-likeness (QED) is 0.606. The second-order valence-corrected chi connectivity index (χ2v) is 5.84. The molecule has 0 atom stereocenters. The van der Waals surface area contributed by atoms with Gasteiger partial charge in [-0.3, -0.25) is 4.79 Å². The molecule has 1 amide bonds. The van der Waals surface area contributed by atoms with Crippen molar-refractivity contribution in [3.63, 3.8) is 0 Å². The second-order valence-electron chi connectivity index (χ2n) is 3.79. The summed E-state index contributed by atoms with van der Waals surface area (Å²) in [6.45, 7) is 0.0876. The smallest absolute Gasteiger partial charge is 0.224 e. The Hall–Kier alpha value is -1.60. The van der Waals surface area contributed by atoms with Gasteiger partial charge in [-0.05, 0) is 24.7 Å². The van der Waals surface area contributed by atoms with Gasteiger partial charge in [0.2, 0.25) is 15.9 Å². The summed E-state index contributed by atoms with van der Waals surface area (Å²) < 4.78 is 24.4. The number of nitrogen functional groups attached to an aromatic ring is 1. The van der Waals surface area contributed by atoms with Crippen LogP contribution in [0.15, 0.2) is 24.3 Å². The molecule has 0 aliphatic carbocycles. The van der Waals surface area contributed by atoms with Crippen molar-refractivity contribution in [1.82, 2.24) is 10.0 Å². The zero-order chi connectivity index (χ0) is 13.6. The van der Waals surface area contributed by atoms with Crippen molar-refractivity contribution >= 4 is 21.6 Å². The van der Waals surface area contributed by atoms with E-state index in [1.165, 1.54) is 7.05 Å². The molecule has 1 aromatic rings. The van der Waals surface area contributed by atoms with E-state index >= 15 is 0 Å². The van der Waals surface area contributed by atoms with Crippen LogP contribution in [0.4, 0.5) is 5.69 Å². The molecule has 0 fully saturated rings. The number of carbonyl (C=O) groups excluding carboxylic acids is 1. The minimum Gasteiger partial charge on any atom is -0.399 e. The van der Waals surface area contributed by atoms with Crippen molar-refractivity contribution in [2.45, 2.75) is 6.42 Å². The van der Waals surface area contributed by atoms with Gasteiger partial charge in [0.1, 0.15) is 0 Å². The molecule has 0 heterocycles. The lowest BCUT2D eigenvalue weighted by atomic mass is 10.1. The summed E-state index contributed by atoms with van der Waals surface area (Å²) in [6, 6.07) is 7.01. The van der Waals surface area contributed by atoms with E-state index < -0.39 is 10.0 Å². The molecule has 6 nitrogen and oxygen atoms in total. The number of anilines is 1. The highest BCUT2D eigenvalue weighted by atomic mass is 32.2. The van der Waals surface area contributed by atoms with Crippen LogP contribution in [0.3, 0.4) is 0 Å². The van der Waals surface area contributed by atoms with Gasteiger partial charge in [0.15, 0.2) is 0 Å². The number of hydrogen-bond acceptors (Lipinski definition) is 4. The van der Waals surface area contributed by atoms with Crippen LogP contribution in [-0.4, -0.2) is 33.7 Å². The zero-order valence-corrected chi connectivity index (χ0v) is 11.0. The number of hydrogen-bond donors (Lipinski definition) is 3. The van der Waals surface area contributed by atoms with E-state index in [-0.39, 0.29) is 24.6 Å². The average Bonchev–Trinajstić information content (AvgIpc) is 2.28. The number of sulfonamides is 1. The molecule has 0 spiro atoms. The fourth-order valence-corrected chi connectivity index (χ4v) is 1.95. The van der Waals surface area contributed by atoms with E-state index in [4.69, 9.17) is 5.73 Å². The standard InChI is InChI=1S/C11H17N3O3S/c1-13-18(16,17)6-5-14-11(15)8-9-3-2-4-10(12)7-9/h2-4,7,13H,5-6,8,12H2,1H3,(H,14,15).